The second-order valence-corrected chi connectivity index (χ2v) is 4.24. The highest BCUT2D eigenvalue weighted by atomic mass is 16.5. The summed E-state index contributed by atoms with van der Waals surface area (Å²) in [7, 11) is 1.55. The number of carbonyl (C=O) groups is 2. The van der Waals surface area contributed by atoms with Gasteiger partial charge in [-0.2, -0.15) is 0 Å². The van der Waals surface area contributed by atoms with Gasteiger partial charge in [0.1, 0.15) is 5.75 Å². The Labute approximate surface area is 116 Å². The summed E-state index contributed by atoms with van der Waals surface area (Å²) in [4.78, 5) is 25.3. The number of carbonyl (C=O) groups excluding carboxylic acids is 1. The van der Waals surface area contributed by atoms with E-state index in [-0.39, 0.29) is 11.3 Å². The van der Waals surface area contributed by atoms with Crippen LogP contribution in [-0.2, 0) is 6.42 Å². The quantitative estimate of drug-likeness (QED) is 0.821. The number of para-hydroxylation sites is 1. The molecule has 0 saturated carbocycles. The molecule has 5 heteroatoms. The van der Waals surface area contributed by atoms with Gasteiger partial charge in [0.2, 0.25) is 0 Å². The van der Waals surface area contributed by atoms with E-state index < -0.39 is 5.97 Å². The van der Waals surface area contributed by atoms with Crippen molar-refractivity contribution in [1.82, 2.24) is 4.98 Å². The number of methoxy groups -OCH3 is 1. The molecule has 0 unspecified atom stereocenters. The zero-order valence-corrected chi connectivity index (χ0v) is 11.3. The lowest BCUT2D eigenvalue weighted by Gasteiger charge is -2.08. The SMILES string of the molecule is CCc1c(-c2ccccc2OC)[nH]c(C=O)c1C(=O)O. The van der Waals surface area contributed by atoms with Crippen LogP contribution in [0.2, 0.25) is 0 Å². The Balaban J connectivity index is 2.74. The summed E-state index contributed by atoms with van der Waals surface area (Å²) >= 11 is 0. The molecule has 1 aromatic carbocycles. The van der Waals surface area contributed by atoms with Gasteiger partial charge in [0.05, 0.1) is 24.1 Å². The van der Waals surface area contributed by atoms with E-state index in [2.05, 4.69) is 4.98 Å². The lowest BCUT2D eigenvalue weighted by Crippen LogP contribution is -2.02. The van der Waals surface area contributed by atoms with Crippen molar-refractivity contribution in [1.29, 1.82) is 0 Å². The molecular weight excluding hydrogens is 258 g/mol. The molecule has 20 heavy (non-hydrogen) atoms. The van der Waals surface area contributed by atoms with Crippen molar-refractivity contribution in [2.24, 2.45) is 0 Å². The number of aromatic carboxylic acids is 1. The molecule has 0 radical (unpaired) electrons. The Morgan fingerprint density at radius 1 is 1.40 bits per heavy atom. The molecule has 0 atom stereocenters. The highest BCUT2D eigenvalue weighted by molar-refractivity contribution is 6.00. The second kappa shape index (κ2) is 5.61. The molecule has 0 aliphatic heterocycles. The van der Waals surface area contributed by atoms with Gasteiger partial charge in [-0.05, 0) is 24.1 Å². The van der Waals surface area contributed by atoms with Crippen LogP contribution in [-0.4, -0.2) is 29.5 Å². The highest BCUT2D eigenvalue weighted by Gasteiger charge is 2.23. The predicted octanol–water partition coefficient (Wildman–Crippen LogP) is 2.76. The van der Waals surface area contributed by atoms with Crippen molar-refractivity contribution in [3.05, 3.63) is 41.1 Å². The molecule has 2 rings (SSSR count). The number of benzene rings is 1. The summed E-state index contributed by atoms with van der Waals surface area (Å²) in [6.07, 6.45) is 1.03. The fraction of sp³-hybridized carbons (Fsp3) is 0.200. The van der Waals surface area contributed by atoms with Crippen molar-refractivity contribution in [2.75, 3.05) is 7.11 Å². The van der Waals surface area contributed by atoms with Gasteiger partial charge in [0, 0.05) is 5.56 Å². The molecule has 0 bridgehead atoms. The molecule has 0 aliphatic rings. The number of ether oxygens (including phenoxy) is 1. The number of aromatic amines is 1. The van der Waals surface area contributed by atoms with Gasteiger partial charge in [-0.25, -0.2) is 4.79 Å². The topological polar surface area (TPSA) is 79.4 Å². The molecule has 5 nitrogen and oxygen atoms in total. The molecule has 0 saturated heterocycles. The second-order valence-electron chi connectivity index (χ2n) is 4.24. The third-order valence-corrected chi connectivity index (χ3v) is 3.19. The summed E-state index contributed by atoms with van der Waals surface area (Å²) < 4.78 is 5.29. The van der Waals surface area contributed by atoms with Crippen LogP contribution in [0.4, 0.5) is 0 Å². The van der Waals surface area contributed by atoms with Crippen LogP contribution in [0.5, 0.6) is 5.75 Å². The van der Waals surface area contributed by atoms with E-state index in [0.29, 0.717) is 29.7 Å². The number of H-pyrrole nitrogens is 1. The fourth-order valence-corrected chi connectivity index (χ4v) is 2.33. The van der Waals surface area contributed by atoms with Crippen molar-refractivity contribution >= 4 is 12.3 Å². The zero-order chi connectivity index (χ0) is 14.7. The minimum Gasteiger partial charge on any atom is -0.496 e. The maximum atomic E-state index is 11.3. The van der Waals surface area contributed by atoms with Crippen molar-refractivity contribution < 1.29 is 19.4 Å². The Kier molecular flexibility index (Phi) is 3.89. The third-order valence-electron chi connectivity index (χ3n) is 3.19. The number of carboxylic acids is 1. The van der Waals surface area contributed by atoms with Gasteiger partial charge in [-0.1, -0.05) is 19.1 Å². The molecule has 1 heterocycles. The van der Waals surface area contributed by atoms with Gasteiger partial charge in [0.15, 0.2) is 6.29 Å². The van der Waals surface area contributed by atoms with Gasteiger partial charge in [0.25, 0.3) is 0 Å². The predicted molar refractivity (Wildman–Crippen MR) is 74.5 cm³/mol. The smallest absolute Gasteiger partial charge is 0.338 e. The van der Waals surface area contributed by atoms with Crippen LogP contribution in [0, 0.1) is 0 Å². The Morgan fingerprint density at radius 2 is 2.10 bits per heavy atom. The van der Waals surface area contributed by atoms with Gasteiger partial charge in [-0.3, -0.25) is 4.79 Å². The Morgan fingerprint density at radius 3 is 2.65 bits per heavy atom. The van der Waals surface area contributed by atoms with E-state index in [1.807, 2.05) is 25.1 Å². The summed E-state index contributed by atoms with van der Waals surface area (Å²) in [5.74, 6) is -0.487. The average Bonchev–Trinajstić information content (AvgIpc) is 2.85. The van der Waals surface area contributed by atoms with E-state index in [1.54, 1.807) is 13.2 Å². The Hall–Kier alpha value is -2.56. The number of rotatable bonds is 5. The summed E-state index contributed by atoms with van der Waals surface area (Å²) in [5, 5.41) is 9.29. The molecule has 0 fully saturated rings. The van der Waals surface area contributed by atoms with E-state index in [9.17, 15) is 14.7 Å². The lowest BCUT2D eigenvalue weighted by atomic mass is 10.0. The van der Waals surface area contributed by atoms with E-state index in [1.165, 1.54) is 0 Å². The summed E-state index contributed by atoms with van der Waals surface area (Å²) in [6.45, 7) is 1.85. The zero-order valence-electron chi connectivity index (χ0n) is 11.3. The third kappa shape index (κ3) is 2.18. The van der Waals surface area contributed by atoms with Gasteiger partial charge in [-0.15, -0.1) is 0 Å². The van der Waals surface area contributed by atoms with Crippen LogP contribution in [0.3, 0.4) is 0 Å². The highest BCUT2D eigenvalue weighted by Crippen LogP contribution is 2.34. The van der Waals surface area contributed by atoms with Crippen molar-refractivity contribution in [2.45, 2.75) is 13.3 Å². The van der Waals surface area contributed by atoms with Gasteiger partial charge < -0.3 is 14.8 Å². The number of hydrogen-bond acceptors (Lipinski definition) is 3. The lowest BCUT2D eigenvalue weighted by molar-refractivity contribution is 0.0693. The first-order chi connectivity index (χ1) is 9.63. The van der Waals surface area contributed by atoms with E-state index in [0.717, 1.165) is 5.56 Å². The first kappa shape index (κ1) is 13.9. The van der Waals surface area contributed by atoms with Gasteiger partial charge >= 0.3 is 5.97 Å². The van der Waals surface area contributed by atoms with Crippen LogP contribution in [0.25, 0.3) is 11.3 Å². The van der Waals surface area contributed by atoms with Crippen LogP contribution in [0.1, 0.15) is 33.3 Å². The average molecular weight is 273 g/mol. The molecule has 104 valence electrons. The molecule has 2 N–H and O–H groups in total. The van der Waals surface area contributed by atoms with Crippen molar-refractivity contribution in [3.8, 4) is 17.0 Å². The summed E-state index contributed by atoms with van der Waals surface area (Å²) in [5.41, 5.74) is 2.06. The monoisotopic (exact) mass is 273 g/mol. The van der Waals surface area contributed by atoms with Crippen molar-refractivity contribution in [3.63, 3.8) is 0 Å². The first-order valence-corrected chi connectivity index (χ1v) is 6.20. The van der Waals surface area contributed by atoms with E-state index >= 15 is 0 Å². The normalized spacial score (nSPS) is 10.3. The molecule has 1 aromatic heterocycles. The van der Waals surface area contributed by atoms with Crippen LogP contribution >= 0.6 is 0 Å². The summed E-state index contributed by atoms with van der Waals surface area (Å²) in [6, 6.07) is 7.27. The van der Waals surface area contributed by atoms with Crippen LogP contribution < -0.4 is 4.74 Å². The first-order valence-electron chi connectivity index (χ1n) is 6.20. The Bertz CT molecular complexity index is 658. The minimum absolute atomic E-state index is 0.0309. The minimum atomic E-state index is -1.11. The number of aldehydes is 1. The number of hydrogen-bond donors (Lipinski definition) is 2. The van der Waals surface area contributed by atoms with E-state index in [4.69, 9.17) is 4.74 Å². The maximum absolute atomic E-state index is 11.3. The molecule has 0 spiro atoms. The standard InChI is InChI=1S/C15H15NO4/c1-3-9-13(15(18)19)11(8-17)16-14(9)10-6-4-5-7-12(10)20-2/h4-8,16H,3H2,1-2H3,(H,18,19). The fourth-order valence-electron chi connectivity index (χ4n) is 2.33. The maximum Gasteiger partial charge on any atom is 0.338 e. The number of aromatic nitrogens is 1. The molecule has 0 amide bonds. The largest absolute Gasteiger partial charge is 0.496 e. The molecule has 0 aliphatic carbocycles. The molecule has 2 aromatic rings. The molecular formula is C15H15NO4. The number of nitrogens with one attached hydrogen (secondary N) is 1. The number of carboxylic acid groups (broad SMARTS) is 1. The van der Waals surface area contributed by atoms with Crippen LogP contribution in [0.15, 0.2) is 24.3 Å².